The summed E-state index contributed by atoms with van der Waals surface area (Å²) in [5.41, 5.74) is 7.36. The van der Waals surface area contributed by atoms with E-state index in [-0.39, 0.29) is 5.91 Å². The standard InChI is InChI=1S/C26H23N3O3/c30-25(27-32)19-10-12-20(13-11-19)26(31)28-15-14-24-22(17-28)21-8-4-5-9-23(21)29(24)16-18-6-2-1-3-7-18/h1-13,32H,14-17H2,(H,27,30). The van der Waals surface area contributed by atoms with Gasteiger partial charge in [-0.3, -0.25) is 14.8 Å². The Morgan fingerprint density at radius 2 is 1.56 bits per heavy atom. The van der Waals surface area contributed by atoms with E-state index in [0.29, 0.717) is 24.2 Å². The molecule has 0 unspecified atom stereocenters. The quantitative estimate of drug-likeness (QED) is 0.383. The van der Waals surface area contributed by atoms with E-state index in [1.165, 1.54) is 27.7 Å². The number of carbonyl (C=O) groups is 2. The van der Waals surface area contributed by atoms with Crippen LogP contribution >= 0.6 is 0 Å². The van der Waals surface area contributed by atoms with Gasteiger partial charge >= 0.3 is 0 Å². The second-order valence-corrected chi connectivity index (χ2v) is 8.01. The molecule has 0 radical (unpaired) electrons. The van der Waals surface area contributed by atoms with Gasteiger partial charge in [-0.25, -0.2) is 5.48 Å². The molecule has 6 nitrogen and oxygen atoms in total. The van der Waals surface area contributed by atoms with Crippen LogP contribution < -0.4 is 5.48 Å². The molecular formula is C26H23N3O3. The van der Waals surface area contributed by atoms with Crippen molar-refractivity contribution in [2.75, 3.05) is 6.54 Å². The zero-order chi connectivity index (χ0) is 22.1. The summed E-state index contributed by atoms with van der Waals surface area (Å²) in [6.07, 6.45) is 0.785. The highest BCUT2D eigenvalue weighted by molar-refractivity contribution is 5.98. The number of hydroxylamine groups is 1. The molecule has 0 spiro atoms. The number of carbonyl (C=O) groups excluding carboxylic acids is 2. The molecule has 5 rings (SSSR count). The number of nitrogens with zero attached hydrogens (tertiary/aromatic N) is 2. The number of amides is 2. The van der Waals surface area contributed by atoms with Crippen molar-refractivity contribution >= 4 is 22.7 Å². The van der Waals surface area contributed by atoms with Gasteiger partial charge < -0.3 is 9.47 Å². The van der Waals surface area contributed by atoms with E-state index >= 15 is 0 Å². The molecule has 0 fully saturated rings. The van der Waals surface area contributed by atoms with Crippen LogP contribution in [0.25, 0.3) is 10.9 Å². The highest BCUT2D eigenvalue weighted by atomic mass is 16.5. The number of aromatic nitrogens is 1. The lowest BCUT2D eigenvalue weighted by Crippen LogP contribution is -2.36. The van der Waals surface area contributed by atoms with Crippen LogP contribution in [0.4, 0.5) is 0 Å². The number of hydrogen-bond donors (Lipinski definition) is 2. The first-order chi connectivity index (χ1) is 15.7. The molecule has 2 heterocycles. The predicted molar refractivity (Wildman–Crippen MR) is 122 cm³/mol. The molecule has 3 aromatic carbocycles. The summed E-state index contributed by atoms with van der Waals surface area (Å²) in [6.45, 7) is 1.99. The minimum atomic E-state index is -0.599. The summed E-state index contributed by atoms with van der Waals surface area (Å²) < 4.78 is 2.38. The van der Waals surface area contributed by atoms with Crippen LogP contribution in [0, 0.1) is 0 Å². The number of fused-ring (bicyclic) bond motifs is 3. The number of hydrogen-bond acceptors (Lipinski definition) is 3. The van der Waals surface area contributed by atoms with Gasteiger partial charge in [0.05, 0.1) is 0 Å². The van der Waals surface area contributed by atoms with Crippen LogP contribution in [0.2, 0.25) is 0 Å². The Morgan fingerprint density at radius 3 is 2.31 bits per heavy atom. The van der Waals surface area contributed by atoms with Crippen LogP contribution in [0.1, 0.15) is 37.5 Å². The van der Waals surface area contributed by atoms with Crippen molar-refractivity contribution in [2.24, 2.45) is 0 Å². The number of rotatable bonds is 4. The van der Waals surface area contributed by atoms with Crippen molar-refractivity contribution in [3.8, 4) is 0 Å². The average molecular weight is 425 g/mol. The van der Waals surface area contributed by atoms with E-state index in [1.54, 1.807) is 29.7 Å². The third kappa shape index (κ3) is 3.55. The molecule has 0 saturated heterocycles. The van der Waals surface area contributed by atoms with Gasteiger partial charge in [0.2, 0.25) is 0 Å². The minimum Gasteiger partial charge on any atom is -0.340 e. The van der Waals surface area contributed by atoms with Crippen molar-refractivity contribution in [2.45, 2.75) is 19.5 Å². The lowest BCUT2D eigenvalue weighted by Gasteiger charge is -2.28. The normalized spacial score (nSPS) is 13.1. The zero-order valence-corrected chi connectivity index (χ0v) is 17.5. The van der Waals surface area contributed by atoms with E-state index in [4.69, 9.17) is 5.21 Å². The van der Waals surface area contributed by atoms with Crippen molar-refractivity contribution < 1.29 is 14.8 Å². The molecule has 4 aromatic rings. The molecule has 2 amide bonds. The van der Waals surface area contributed by atoms with Gasteiger partial charge in [-0.1, -0.05) is 48.5 Å². The highest BCUT2D eigenvalue weighted by Gasteiger charge is 2.27. The van der Waals surface area contributed by atoms with Gasteiger partial charge in [0.25, 0.3) is 11.8 Å². The molecular weight excluding hydrogens is 402 g/mol. The topological polar surface area (TPSA) is 74.6 Å². The monoisotopic (exact) mass is 425 g/mol. The Kier molecular flexibility index (Phi) is 5.21. The fourth-order valence-corrected chi connectivity index (χ4v) is 4.53. The zero-order valence-electron chi connectivity index (χ0n) is 17.5. The maximum atomic E-state index is 13.2. The first-order valence-electron chi connectivity index (χ1n) is 10.6. The summed E-state index contributed by atoms with van der Waals surface area (Å²) >= 11 is 0. The molecule has 2 N–H and O–H groups in total. The fourth-order valence-electron chi connectivity index (χ4n) is 4.53. The Bertz CT molecular complexity index is 1290. The van der Waals surface area contributed by atoms with E-state index in [9.17, 15) is 9.59 Å². The summed E-state index contributed by atoms with van der Waals surface area (Å²) in [6, 6.07) is 25.1. The largest absolute Gasteiger partial charge is 0.340 e. The molecule has 0 saturated carbocycles. The van der Waals surface area contributed by atoms with Gasteiger partial charge in [0.15, 0.2) is 0 Å². The lowest BCUT2D eigenvalue weighted by molar-refractivity contribution is 0.0703. The third-order valence-electron chi connectivity index (χ3n) is 6.13. The van der Waals surface area contributed by atoms with Gasteiger partial charge in [-0.15, -0.1) is 0 Å². The second kappa shape index (κ2) is 8.32. The van der Waals surface area contributed by atoms with Crippen LogP contribution in [-0.4, -0.2) is 33.0 Å². The summed E-state index contributed by atoms with van der Waals surface area (Å²) in [4.78, 5) is 26.6. The summed E-state index contributed by atoms with van der Waals surface area (Å²) in [5, 5.41) is 9.95. The Balaban J connectivity index is 1.45. The minimum absolute atomic E-state index is 0.0634. The lowest BCUT2D eigenvalue weighted by atomic mass is 10.0. The van der Waals surface area contributed by atoms with Gasteiger partial charge in [0.1, 0.15) is 0 Å². The molecule has 1 aromatic heterocycles. The molecule has 6 heteroatoms. The predicted octanol–water partition coefficient (Wildman–Crippen LogP) is 4.01. The Morgan fingerprint density at radius 1 is 0.875 bits per heavy atom. The van der Waals surface area contributed by atoms with Crippen LogP contribution in [-0.2, 0) is 19.5 Å². The second-order valence-electron chi connectivity index (χ2n) is 8.01. The molecule has 32 heavy (non-hydrogen) atoms. The summed E-state index contributed by atoms with van der Waals surface area (Å²) in [7, 11) is 0. The highest BCUT2D eigenvalue weighted by Crippen LogP contribution is 2.32. The average Bonchev–Trinajstić information content (AvgIpc) is 3.17. The fraction of sp³-hybridized carbons (Fsp3) is 0.154. The number of para-hydroxylation sites is 1. The molecule has 0 aliphatic carbocycles. The third-order valence-corrected chi connectivity index (χ3v) is 6.13. The maximum absolute atomic E-state index is 13.2. The molecule has 1 aliphatic rings. The smallest absolute Gasteiger partial charge is 0.274 e. The Hall–Kier alpha value is -3.90. The van der Waals surface area contributed by atoms with Crippen LogP contribution in [0.5, 0.6) is 0 Å². The number of benzene rings is 3. The SMILES string of the molecule is O=C(NO)c1ccc(C(=O)N2CCc3c(c4ccccc4n3Cc3ccccc3)C2)cc1. The Labute approximate surface area is 185 Å². The number of nitrogens with one attached hydrogen (secondary N) is 1. The van der Waals surface area contributed by atoms with E-state index in [0.717, 1.165) is 13.0 Å². The molecule has 0 bridgehead atoms. The van der Waals surface area contributed by atoms with Crippen LogP contribution in [0.15, 0.2) is 78.9 Å². The molecule has 1 aliphatic heterocycles. The van der Waals surface area contributed by atoms with Crippen molar-refractivity contribution in [1.29, 1.82) is 0 Å². The van der Waals surface area contributed by atoms with Crippen molar-refractivity contribution in [3.63, 3.8) is 0 Å². The van der Waals surface area contributed by atoms with Gasteiger partial charge in [-0.2, -0.15) is 0 Å². The molecule has 0 atom stereocenters. The van der Waals surface area contributed by atoms with Gasteiger partial charge in [0, 0.05) is 59.3 Å². The first kappa shape index (κ1) is 20.0. The molecule has 160 valence electrons. The van der Waals surface area contributed by atoms with E-state index in [2.05, 4.69) is 47.0 Å². The maximum Gasteiger partial charge on any atom is 0.274 e. The van der Waals surface area contributed by atoms with E-state index in [1.807, 2.05) is 17.0 Å². The van der Waals surface area contributed by atoms with Gasteiger partial charge in [-0.05, 0) is 35.9 Å². The summed E-state index contributed by atoms with van der Waals surface area (Å²) in [5.74, 6) is -0.663. The first-order valence-corrected chi connectivity index (χ1v) is 10.6. The van der Waals surface area contributed by atoms with Crippen LogP contribution in [0.3, 0.4) is 0 Å². The van der Waals surface area contributed by atoms with E-state index < -0.39 is 5.91 Å². The van der Waals surface area contributed by atoms with Crippen molar-refractivity contribution in [3.05, 3.63) is 107 Å². The van der Waals surface area contributed by atoms with Crippen molar-refractivity contribution in [1.82, 2.24) is 14.9 Å².